The highest BCUT2D eigenvalue weighted by molar-refractivity contribution is 5.72. The summed E-state index contributed by atoms with van der Waals surface area (Å²) in [6.07, 6.45) is 5.89. The molecule has 0 aliphatic heterocycles. The summed E-state index contributed by atoms with van der Waals surface area (Å²) in [6, 6.07) is 1.91. The van der Waals surface area contributed by atoms with E-state index in [9.17, 15) is 0 Å². The lowest BCUT2D eigenvalue weighted by Gasteiger charge is -2.12. The van der Waals surface area contributed by atoms with Gasteiger partial charge in [-0.15, -0.1) is 0 Å². The van der Waals surface area contributed by atoms with Crippen LogP contribution in [0.1, 0.15) is 20.3 Å². The number of aromatic nitrogens is 3. The van der Waals surface area contributed by atoms with Crippen molar-refractivity contribution in [2.75, 3.05) is 25.6 Å². The van der Waals surface area contributed by atoms with Crippen LogP contribution in [0.15, 0.2) is 24.8 Å². The molecule has 0 unspecified atom stereocenters. The number of nitrogens with zero attached hydrogens (tertiary/aromatic N) is 3. The third-order valence-corrected chi connectivity index (χ3v) is 2.81. The second kappa shape index (κ2) is 7.42. The Labute approximate surface area is 124 Å². The van der Waals surface area contributed by atoms with Gasteiger partial charge in [-0.1, -0.05) is 6.92 Å². The number of methoxy groups -OCH3 is 1. The van der Waals surface area contributed by atoms with Gasteiger partial charge in [-0.3, -0.25) is 4.98 Å². The van der Waals surface area contributed by atoms with Gasteiger partial charge in [0.05, 0.1) is 19.9 Å². The lowest BCUT2D eigenvalue weighted by molar-refractivity contribution is 0.316. The van der Waals surface area contributed by atoms with Gasteiger partial charge in [0.1, 0.15) is 17.8 Å². The van der Waals surface area contributed by atoms with Gasteiger partial charge in [-0.25, -0.2) is 9.97 Å². The first-order valence-electron chi connectivity index (χ1n) is 7.01. The summed E-state index contributed by atoms with van der Waals surface area (Å²) in [4.78, 5) is 12.7. The number of ether oxygens (including phenoxy) is 2. The quantitative estimate of drug-likeness (QED) is 0.845. The molecule has 0 fully saturated rings. The van der Waals surface area contributed by atoms with Gasteiger partial charge in [0.25, 0.3) is 0 Å². The summed E-state index contributed by atoms with van der Waals surface area (Å²) >= 11 is 0. The Morgan fingerprint density at radius 1 is 1.19 bits per heavy atom. The van der Waals surface area contributed by atoms with Gasteiger partial charge >= 0.3 is 0 Å². The minimum atomic E-state index is 0.605. The first-order chi connectivity index (χ1) is 10.3. The van der Waals surface area contributed by atoms with Gasteiger partial charge in [0, 0.05) is 18.3 Å². The molecule has 0 radical (unpaired) electrons. The molecule has 2 heterocycles. The monoisotopic (exact) mass is 288 g/mol. The van der Waals surface area contributed by atoms with Crippen molar-refractivity contribution in [3.8, 4) is 22.8 Å². The first-order valence-corrected chi connectivity index (χ1v) is 7.01. The predicted octanol–water partition coefficient (Wildman–Crippen LogP) is 2.77. The Balaban J connectivity index is 2.39. The Morgan fingerprint density at radius 3 is 2.76 bits per heavy atom. The maximum absolute atomic E-state index is 5.61. The molecule has 0 bridgehead atoms. The molecule has 2 aromatic heterocycles. The molecule has 6 nitrogen and oxygen atoms in total. The zero-order chi connectivity index (χ0) is 15.1. The number of nitrogens with one attached hydrogen (secondary N) is 1. The summed E-state index contributed by atoms with van der Waals surface area (Å²) in [7, 11) is 1.61. The lowest BCUT2D eigenvalue weighted by atomic mass is 10.2. The smallest absolute Gasteiger partial charge is 0.187 e. The third-order valence-electron chi connectivity index (χ3n) is 2.81. The SMILES string of the molecule is CCCOc1cncc(-c2ncnc(NCC)c2OC)c1. The van der Waals surface area contributed by atoms with Crippen molar-refractivity contribution in [2.24, 2.45) is 0 Å². The van der Waals surface area contributed by atoms with Crippen LogP contribution in [-0.2, 0) is 0 Å². The fourth-order valence-corrected chi connectivity index (χ4v) is 1.91. The lowest BCUT2D eigenvalue weighted by Crippen LogP contribution is -2.04. The van der Waals surface area contributed by atoms with Crippen molar-refractivity contribution in [3.63, 3.8) is 0 Å². The molecule has 0 aliphatic rings. The van der Waals surface area contributed by atoms with Crippen molar-refractivity contribution < 1.29 is 9.47 Å². The van der Waals surface area contributed by atoms with Crippen molar-refractivity contribution in [3.05, 3.63) is 24.8 Å². The molecular formula is C15H20N4O2. The molecule has 0 amide bonds. The summed E-state index contributed by atoms with van der Waals surface area (Å²) < 4.78 is 11.1. The fraction of sp³-hybridized carbons (Fsp3) is 0.400. The number of hydrogen-bond acceptors (Lipinski definition) is 6. The van der Waals surface area contributed by atoms with Crippen LogP contribution in [0, 0.1) is 0 Å². The van der Waals surface area contributed by atoms with Crippen LogP contribution in [0.5, 0.6) is 11.5 Å². The van der Waals surface area contributed by atoms with E-state index >= 15 is 0 Å². The van der Waals surface area contributed by atoms with E-state index < -0.39 is 0 Å². The van der Waals surface area contributed by atoms with E-state index in [0.717, 1.165) is 24.3 Å². The zero-order valence-electron chi connectivity index (χ0n) is 12.6. The van der Waals surface area contributed by atoms with Crippen LogP contribution in [0.3, 0.4) is 0 Å². The minimum absolute atomic E-state index is 0.605. The number of anilines is 1. The van der Waals surface area contributed by atoms with Gasteiger partial charge in [-0.2, -0.15) is 0 Å². The summed E-state index contributed by atoms with van der Waals surface area (Å²) in [5.74, 6) is 2.00. The Bertz CT molecular complexity index is 590. The first kappa shape index (κ1) is 15.0. The van der Waals surface area contributed by atoms with Crippen molar-refractivity contribution >= 4 is 5.82 Å². The van der Waals surface area contributed by atoms with E-state index in [2.05, 4.69) is 27.2 Å². The van der Waals surface area contributed by atoms with Crippen LogP contribution < -0.4 is 14.8 Å². The van der Waals surface area contributed by atoms with Crippen LogP contribution in [0.2, 0.25) is 0 Å². The maximum Gasteiger partial charge on any atom is 0.187 e. The second-order valence-corrected chi connectivity index (χ2v) is 4.39. The Kier molecular flexibility index (Phi) is 5.31. The third kappa shape index (κ3) is 3.59. The standard InChI is InChI=1S/C15H20N4O2/c1-4-6-21-12-7-11(8-16-9-12)13-14(20-3)15(17-5-2)19-10-18-13/h7-10H,4-6H2,1-3H3,(H,17,18,19). The average Bonchev–Trinajstić information content (AvgIpc) is 2.53. The zero-order valence-corrected chi connectivity index (χ0v) is 12.6. The topological polar surface area (TPSA) is 69.2 Å². The van der Waals surface area contributed by atoms with Crippen LogP contribution in [0.25, 0.3) is 11.3 Å². The Hall–Kier alpha value is -2.37. The molecule has 0 saturated heterocycles. The van der Waals surface area contributed by atoms with E-state index in [1.54, 1.807) is 19.5 Å². The highest BCUT2D eigenvalue weighted by Crippen LogP contribution is 2.33. The second-order valence-electron chi connectivity index (χ2n) is 4.39. The summed E-state index contributed by atoms with van der Waals surface area (Å²) in [6.45, 7) is 5.48. The van der Waals surface area contributed by atoms with Crippen molar-refractivity contribution in [2.45, 2.75) is 20.3 Å². The molecule has 21 heavy (non-hydrogen) atoms. The molecule has 1 N–H and O–H groups in total. The molecule has 0 aliphatic carbocycles. The number of rotatable bonds is 7. The summed E-state index contributed by atoms with van der Waals surface area (Å²) in [5.41, 5.74) is 1.53. The minimum Gasteiger partial charge on any atom is -0.492 e. The van der Waals surface area contributed by atoms with Crippen LogP contribution in [-0.4, -0.2) is 35.2 Å². The molecule has 6 heteroatoms. The van der Waals surface area contributed by atoms with Crippen LogP contribution in [0.4, 0.5) is 5.82 Å². The molecule has 0 aromatic carbocycles. The van der Waals surface area contributed by atoms with Crippen molar-refractivity contribution in [1.82, 2.24) is 15.0 Å². The molecular weight excluding hydrogens is 268 g/mol. The fourth-order valence-electron chi connectivity index (χ4n) is 1.91. The van der Waals surface area contributed by atoms with Gasteiger partial charge in [-0.05, 0) is 19.4 Å². The highest BCUT2D eigenvalue weighted by atomic mass is 16.5. The van der Waals surface area contributed by atoms with E-state index in [4.69, 9.17) is 9.47 Å². The normalized spacial score (nSPS) is 10.2. The number of pyridine rings is 1. The van der Waals surface area contributed by atoms with Gasteiger partial charge in [0.15, 0.2) is 11.6 Å². The van der Waals surface area contributed by atoms with Crippen LogP contribution >= 0.6 is 0 Å². The summed E-state index contributed by atoms with van der Waals surface area (Å²) in [5, 5.41) is 3.16. The van der Waals surface area contributed by atoms with Gasteiger partial charge in [0.2, 0.25) is 0 Å². The van der Waals surface area contributed by atoms with E-state index in [1.165, 1.54) is 6.33 Å². The highest BCUT2D eigenvalue weighted by Gasteiger charge is 2.14. The molecule has 0 spiro atoms. The van der Waals surface area contributed by atoms with E-state index in [-0.39, 0.29) is 0 Å². The Morgan fingerprint density at radius 2 is 2.05 bits per heavy atom. The average molecular weight is 288 g/mol. The largest absolute Gasteiger partial charge is 0.492 e. The molecule has 2 aromatic rings. The van der Waals surface area contributed by atoms with E-state index in [0.29, 0.717) is 23.9 Å². The molecule has 112 valence electrons. The van der Waals surface area contributed by atoms with Gasteiger partial charge < -0.3 is 14.8 Å². The molecule has 0 saturated carbocycles. The van der Waals surface area contributed by atoms with E-state index in [1.807, 2.05) is 13.0 Å². The maximum atomic E-state index is 5.61. The van der Waals surface area contributed by atoms with Crippen molar-refractivity contribution in [1.29, 1.82) is 0 Å². The predicted molar refractivity (Wildman–Crippen MR) is 81.8 cm³/mol. The number of hydrogen-bond donors (Lipinski definition) is 1. The molecule has 0 atom stereocenters. The molecule has 2 rings (SSSR count).